The Hall–Kier alpha value is -1.62. The zero-order valence-electron chi connectivity index (χ0n) is 8.85. The SMILES string of the molecule is O=C(O)c1cnccc1NC1CCOCC1. The molecule has 0 bridgehead atoms. The summed E-state index contributed by atoms with van der Waals surface area (Å²) in [5.74, 6) is -0.956. The second kappa shape index (κ2) is 4.94. The molecule has 16 heavy (non-hydrogen) atoms. The number of pyridine rings is 1. The Balaban J connectivity index is 2.10. The number of carboxylic acids is 1. The quantitative estimate of drug-likeness (QED) is 0.808. The fourth-order valence-electron chi connectivity index (χ4n) is 1.75. The predicted octanol–water partition coefficient (Wildman–Crippen LogP) is 1.37. The highest BCUT2D eigenvalue weighted by molar-refractivity contribution is 5.93. The first kappa shape index (κ1) is 10.9. The van der Waals surface area contributed by atoms with Crippen LogP contribution in [-0.4, -0.2) is 35.3 Å². The predicted molar refractivity (Wildman–Crippen MR) is 58.7 cm³/mol. The van der Waals surface area contributed by atoms with E-state index in [9.17, 15) is 4.79 Å². The van der Waals surface area contributed by atoms with Crippen LogP contribution in [0.15, 0.2) is 18.5 Å². The lowest BCUT2D eigenvalue weighted by atomic mass is 10.1. The van der Waals surface area contributed by atoms with Gasteiger partial charge in [0.2, 0.25) is 0 Å². The van der Waals surface area contributed by atoms with Crippen LogP contribution in [0.1, 0.15) is 23.2 Å². The number of ether oxygens (including phenoxy) is 1. The van der Waals surface area contributed by atoms with E-state index in [1.165, 1.54) is 6.20 Å². The molecule has 1 aromatic rings. The lowest BCUT2D eigenvalue weighted by Gasteiger charge is -2.24. The first-order valence-electron chi connectivity index (χ1n) is 5.29. The topological polar surface area (TPSA) is 71.5 Å². The molecule has 2 heterocycles. The average molecular weight is 222 g/mol. The van der Waals surface area contributed by atoms with Gasteiger partial charge < -0.3 is 15.2 Å². The summed E-state index contributed by atoms with van der Waals surface area (Å²) in [6.45, 7) is 1.45. The average Bonchev–Trinajstić information content (AvgIpc) is 2.31. The third-order valence-corrected chi connectivity index (χ3v) is 2.63. The van der Waals surface area contributed by atoms with Gasteiger partial charge in [0.25, 0.3) is 0 Å². The molecule has 5 heteroatoms. The fraction of sp³-hybridized carbons (Fsp3) is 0.455. The van der Waals surface area contributed by atoms with Gasteiger partial charge in [-0.25, -0.2) is 4.79 Å². The maximum Gasteiger partial charge on any atom is 0.339 e. The summed E-state index contributed by atoms with van der Waals surface area (Å²) in [4.78, 5) is 14.8. The summed E-state index contributed by atoms with van der Waals surface area (Å²) in [7, 11) is 0. The Labute approximate surface area is 93.5 Å². The Kier molecular flexibility index (Phi) is 3.36. The fourth-order valence-corrected chi connectivity index (χ4v) is 1.75. The summed E-state index contributed by atoms with van der Waals surface area (Å²) in [5.41, 5.74) is 0.850. The van der Waals surface area contributed by atoms with Crippen LogP contribution in [0.3, 0.4) is 0 Å². The Morgan fingerprint density at radius 3 is 2.94 bits per heavy atom. The maximum atomic E-state index is 11.0. The monoisotopic (exact) mass is 222 g/mol. The molecule has 0 spiro atoms. The van der Waals surface area contributed by atoms with Crippen molar-refractivity contribution < 1.29 is 14.6 Å². The van der Waals surface area contributed by atoms with Crippen molar-refractivity contribution in [1.82, 2.24) is 4.98 Å². The van der Waals surface area contributed by atoms with Gasteiger partial charge >= 0.3 is 5.97 Å². The zero-order chi connectivity index (χ0) is 11.4. The molecule has 2 rings (SSSR count). The number of hydrogen-bond acceptors (Lipinski definition) is 4. The van der Waals surface area contributed by atoms with E-state index in [-0.39, 0.29) is 11.6 Å². The third-order valence-electron chi connectivity index (χ3n) is 2.63. The number of rotatable bonds is 3. The second-order valence-corrected chi connectivity index (χ2v) is 3.76. The molecule has 1 saturated heterocycles. The summed E-state index contributed by atoms with van der Waals surface area (Å²) < 4.78 is 5.25. The highest BCUT2D eigenvalue weighted by atomic mass is 16.5. The third kappa shape index (κ3) is 2.49. The van der Waals surface area contributed by atoms with Crippen molar-refractivity contribution in [3.63, 3.8) is 0 Å². The van der Waals surface area contributed by atoms with Crippen molar-refractivity contribution in [2.24, 2.45) is 0 Å². The van der Waals surface area contributed by atoms with Crippen molar-refractivity contribution in [3.05, 3.63) is 24.0 Å². The molecule has 5 nitrogen and oxygen atoms in total. The highest BCUT2D eigenvalue weighted by Gasteiger charge is 2.16. The number of aromatic nitrogens is 1. The van der Waals surface area contributed by atoms with Gasteiger partial charge in [0.05, 0.1) is 5.69 Å². The van der Waals surface area contributed by atoms with Crippen LogP contribution in [0.4, 0.5) is 5.69 Å². The van der Waals surface area contributed by atoms with E-state index in [1.54, 1.807) is 12.3 Å². The van der Waals surface area contributed by atoms with E-state index in [4.69, 9.17) is 9.84 Å². The smallest absolute Gasteiger partial charge is 0.339 e. The van der Waals surface area contributed by atoms with E-state index in [2.05, 4.69) is 10.3 Å². The second-order valence-electron chi connectivity index (χ2n) is 3.76. The van der Waals surface area contributed by atoms with Crippen LogP contribution >= 0.6 is 0 Å². The maximum absolute atomic E-state index is 11.0. The molecule has 1 fully saturated rings. The van der Waals surface area contributed by atoms with Crippen molar-refractivity contribution in [3.8, 4) is 0 Å². The van der Waals surface area contributed by atoms with E-state index in [1.807, 2.05) is 0 Å². The molecule has 1 aliphatic heterocycles. The molecular formula is C11H14N2O3. The van der Waals surface area contributed by atoms with Gasteiger partial charge in [0.15, 0.2) is 0 Å². The Bertz CT molecular complexity index is 375. The number of carbonyl (C=O) groups is 1. The molecule has 0 aliphatic carbocycles. The number of hydrogen-bond donors (Lipinski definition) is 2. The minimum atomic E-state index is -0.956. The van der Waals surface area contributed by atoms with Gasteiger partial charge in [-0.2, -0.15) is 0 Å². The van der Waals surface area contributed by atoms with Gasteiger partial charge in [-0.1, -0.05) is 0 Å². The van der Waals surface area contributed by atoms with Crippen LogP contribution in [0.5, 0.6) is 0 Å². The molecule has 0 atom stereocenters. The van der Waals surface area contributed by atoms with Crippen molar-refractivity contribution >= 4 is 11.7 Å². The Morgan fingerprint density at radius 1 is 1.50 bits per heavy atom. The number of carboxylic acid groups (broad SMARTS) is 1. The normalized spacial score (nSPS) is 17.0. The van der Waals surface area contributed by atoms with Crippen molar-refractivity contribution in [2.45, 2.75) is 18.9 Å². The van der Waals surface area contributed by atoms with Gasteiger partial charge in [0.1, 0.15) is 5.56 Å². The van der Waals surface area contributed by atoms with Gasteiger partial charge in [-0.05, 0) is 18.9 Å². The van der Waals surface area contributed by atoms with Crippen LogP contribution in [0, 0.1) is 0 Å². The zero-order valence-corrected chi connectivity index (χ0v) is 8.85. The summed E-state index contributed by atoms with van der Waals surface area (Å²) in [6, 6.07) is 1.98. The minimum Gasteiger partial charge on any atom is -0.478 e. The highest BCUT2D eigenvalue weighted by Crippen LogP contribution is 2.18. The molecule has 1 aliphatic rings. The van der Waals surface area contributed by atoms with Crippen molar-refractivity contribution in [2.75, 3.05) is 18.5 Å². The van der Waals surface area contributed by atoms with Gasteiger partial charge in [0, 0.05) is 31.6 Å². The van der Waals surface area contributed by atoms with E-state index in [0.717, 1.165) is 26.1 Å². The van der Waals surface area contributed by atoms with Gasteiger partial charge in [-0.3, -0.25) is 4.98 Å². The van der Waals surface area contributed by atoms with Crippen LogP contribution in [0.2, 0.25) is 0 Å². The molecule has 0 radical (unpaired) electrons. The van der Waals surface area contributed by atoms with Crippen LogP contribution in [-0.2, 0) is 4.74 Å². The van der Waals surface area contributed by atoms with Crippen LogP contribution in [0.25, 0.3) is 0 Å². The van der Waals surface area contributed by atoms with Gasteiger partial charge in [-0.15, -0.1) is 0 Å². The molecule has 0 aromatic carbocycles. The standard InChI is InChI=1S/C11H14N2O3/c14-11(15)9-7-12-4-1-10(9)13-8-2-5-16-6-3-8/h1,4,7-8H,2-3,5-6H2,(H,12,13)(H,14,15). The number of anilines is 1. The van der Waals surface area contributed by atoms with E-state index < -0.39 is 5.97 Å². The van der Waals surface area contributed by atoms with Crippen molar-refractivity contribution in [1.29, 1.82) is 0 Å². The first-order chi connectivity index (χ1) is 7.77. The lowest BCUT2D eigenvalue weighted by molar-refractivity contribution is 0.0697. The summed E-state index contributed by atoms with van der Waals surface area (Å²) >= 11 is 0. The molecule has 0 unspecified atom stereocenters. The summed E-state index contributed by atoms with van der Waals surface area (Å²) in [5, 5.41) is 12.2. The first-order valence-corrected chi connectivity index (χ1v) is 5.29. The Morgan fingerprint density at radius 2 is 2.25 bits per heavy atom. The largest absolute Gasteiger partial charge is 0.478 e. The molecule has 1 aromatic heterocycles. The molecular weight excluding hydrogens is 208 g/mol. The molecule has 86 valence electrons. The van der Waals surface area contributed by atoms with Crippen LogP contribution < -0.4 is 5.32 Å². The number of nitrogens with zero attached hydrogens (tertiary/aromatic N) is 1. The van der Waals surface area contributed by atoms with E-state index >= 15 is 0 Å². The molecule has 0 saturated carbocycles. The summed E-state index contributed by atoms with van der Waals surface area (Å²) in [6.07, 6.45) is 4.76. The number of aromatic carboxylic acids is 1. The molecule has 2 N–H and O–H groups in total. The minimum absolute atomic E-state index is 0.217. The molecule has 0 amide bonds. The lowest BCUT2D eigenvalue weighted by Crippen LogP contribution is -2.28. The number of nitrogens with one attached hydrogen (secondary N) is 1. The van der Waals surface area contributed by atoms with E-state index in [0.29, 0.717) is 5.69 Å².